The summed E-state index contributed by atoms with van der Waals surface area (Å²) >= 11 is 0. The molecule has 1 fully saturated rings. The lowest BCUT2D eigenvalue weighted by Crippen LogP contribution is -2.38. The fourth-order valence-electron chi connectivity index (χ4n) is 2.00. The highest BCUT2D eigenvalue weighted by Crippen LogP contribution is 2.24. The lowest BCUT2D eigenvalue weighted by atomic mass is 10.1. The molecule has 0 radical (unpaired) electrons. The van der Waals surface area contributed by atoms with Gasteiger partial charge in [0.05, 0.1) is 6.10 Å². The van der Waals surface area contributed by atoms with Crippen LogP contribution in [0.25, 0.3) is 0 Å². The van der Waals surface area contributed by atoms with Gasteiger partial charge in [-0.2, -0.15) is 0 Å². The normalized spacial score (nSPS) is 21.2. The SMILES string of the molecule is Cc1c(F)cc(N2CCCC(O)C2)cc1F. The van der Waals surface area contributed by atoms with E-state index in [1.807, 2.05) is 4.90 Å². The van der Waals surface area contributed by atoms with Gasteiger partial charge in [-0.3, -0.25) is 0 Å². The van der Waals surface area contributed by atoms with Crippen LogP contribution in [-0.2, 0) is 0 Å². The van der Waals surface area contributed by atoms with Gasteiger partial charge in [0.2, 0.25) is 0 Å². The average Bonchev–Trinajstić information content (AvgIpc) is 2.25. The summed E-state index contributed by atoms with van der Waals surface area (Å²) in [7, 11) is 0. The lowest BCUT2D eigenvalue weighted by Gasteiger charge is -2.32. The summed E-state index contributed by atoms with van der Waals surface area (Å²) in [6.07, 6.45) is 1.20. The first-order valence-corrected chi connectivity index (χ1v) is 5.46. The number of anilines is 1. The summed E-state index contributed by atoms with van der Waals surface area (Å²) in [5, 5.41) is 9.50. The topological polar surface area (TPSA) is 23.5 Å². The second-order valence-electron chi connectivity index (χ2n) is 4.28. The zero-order chi connectivity index (χ0) is 11.7. The Labute approximate surface area is 93.5 Å². The van der Waals surface area contributed by atoms with E-state index >= 15 is 0 Å². The van der Waals surface area contributed by atoms with Crippen LogP contribution in [0, 0.1) is 18.6 Å². The van der Waals surface area contributed by atoms with Crippen molar-refractivity contribution in [1.82, 2.24) is 0 Å². The van der Waals surface area contributed by atoms with Crippen molar-refractivity contribution in [3.8, 4) is 0 Å². The largest absolute Gasteiger partial charge is 0.391 e. The predicted octanol–water partition coefficient (Wildman–Crippen LogP) is 2.23. The number of piperidine rings is 1. The highest BCUT2D eigenvalue weighted by molar-refractivity contribution is 5.49. The zero-order valence-corrected chi connectivity index (χ0v) is 9.21. The van der Waals surface area contributed by atoms with E-state index < -0.39 is 17.7 Å². The van der Waals surface area contributed by atoms with Crippen LogP contribution in [0.1, 0.15) is 18.4 Å². The standard InChI is InChI=1S/C12H15F2NO/c1-8-11(13)5-9(6-12(8)14)15-4-2-3-10(16)7-15/h5-6,10,16H,2-4,7H2,1H3. The molecule has 0 amide bonds. The Morgan fingerprint density at radius 3 is 2.50 bits per heavy atom. The molecular weight excluding hydrogens is 212 g/mol. The lowest BCUT2D eigenvalue weighted by molar-refractivity contribution is 0.154. The third-order valence-electron chi connectivity index (χ3n) is 3.03. The summed E-state index contributed by atoms with van der Waals surface area (Å²) < 4.78 is 26.7. The number of β-amino-alcohol motifs (C(OH)–C–C–N with tert-alkyl or cyclic N) is 1. The number of nitrogens with zero attached hydrogens (tertiary/aromatic N) is 1. The average molecular weight is 227 g/mol. The van der Waals surface area contributed by atoms with Gasteiger partial charge in [-0.25, -0.2) is 8.78 Å². The van der Waals surface area contributed by atoms with Gasteiger partial charge in [-0.1, -0.05) is 0 Å². The first-order valence-electron chi connectivity index (χ1n) is 5.46. The molecular formula is C12H15F2NO. The maximum Gasteiger partial charge on any atom is 0.131 e. The second-order valence-corrected chi connectivity index (χ2v) is 4.28. The summed E-state index contributed by atoms with van der Waals surface area (Å²) in [6.45, 7) is 2.60. The molecule has 2 nitrogen and oxygen atoms in total. The zero-order valence-electron chi connectivity index (χ0n) is 9.21. The van der Waals surface area contributed by atoms with Crippen LogP contribution >= 0.6 is 0 Å². The van der Waals surface area contributed by atoms with Crippen LogP contribution in [0.5, 0.6) is 0 Å². The molecule has 1 aromatic carbocycles. The summed E-state index contributed by atoms with van der Waals surface area (Å²) in [5.74, 6) is -1.06. The molecule has 1 aromatic rings. The highest BCUT2D eigenvalue weighted by atomic mass is 19.1. The summed E-state index contributed by atoms with van der Waals surface area (Å²) in [5.41, 5.74) is 0.556. The minimum absolute atomic E-state index is 0.0429. The van der Waals surface area contributed by atoms with Crippen molar-refractivity contribution in [1.29, 1.82) is 0 Å². The van der Waals surface area contributed by atoms with Gasteiger partial charge in [-0.05, 0) is 31.9 Å². The molecule has 1 N–H and O–H groups in total. The van der Waals surface area contributed by atoms with E-state index in [1.165, 1.54) is 19.1 Å². The van der Waals surface area contributed by atoms with E-state index in [0.29, 0.717) is 12.2 Å². The van der Waals surface area contributed by atoms with E-state index in [1.54, 1.807) is 0 Å². The molecule has 0 aliphatic carbocycles. The van der Waals surface area contributed by atoms with Gasteiger partial charge in [0.25, 0.3) is 0 Å². The Bertz CT molecular complexity index is 372. The molecule has 0 bridgehead atoms. The summed E-state index contributed by atoms with van der Waals surface area (Å²) in [4.78, 5) is 1.82. The fourth-order valence-corrected chi connectivity index (χ4v) is 2.00. The molecule has 88 valence electrons. The van der Waals surface area contributed by atoms with Crippen LogP contribution in [0.4, 0.5) is 14.5 Å². The number of aliphatic hydroxyl groups is 1. The van der Waals surface area contributed by atoms with Gasteiger partial charge in [0.1, 0.15) is 11.6 Å². The molecule has 0 saturated carbocycles. The Hall–Kier alpha value is -1.16. The van der Waals surface area contributed by atoms with Crippen molar-refractivity contribution in [2.45, 2.75) is 25.9 Å². The van der Waals surface area contributed by atoms with Crippen molar-refractivity contribution < 1.29 is 13.9 Å². The second kappa shape index (κ2) is 4.37. The van der Waals surface area contributed by atoms with E-state index in [9.17, 15) is 13.9 Å². The number of aliphatic hydroxyl groups excluding tert-OH is 1. The van der Waals surface area contributed by atoms with Crippen LogP contribution in [0.2, 0.25) is 0 Å². The maximum atomic E-state index is 13.4. The molecule has 1 heterocycles. The Balaban J connectivity index is 2.26. The first kappa shape index (κ1) is 11.3. The van der Waals surface area contributed by atoms with Crippen LogP contribution in [0.3, 0.4) is 0 Å². The fraction of sp³-hybridized carbons (Fsp3) is 0.500. The molecule has 4 heteroatoms. The van der Waals surface area contributed by atoms with E-state index in [0.717, 1.165) is 19.4 Å². The number of hydrogen-bond acceptors (Lipinski definition) is 2. The highest BCUT2D eigenvalue weighted by Gasteiger charge is 2.19. The Morgan fingerprint density at radius 2 is 1.94 bits per heavy atom. The van der Waals surface area contributed by atoms with Crippen molar-refractivity contribution in [2.24, 2.45) is 0 Å². The van der Waals surface area contributed by atoms with Crippen molar-refractivity contribution in [3.05, 3.63) is 29.3 Å². The van der Waals surface area contributed by atoms with E-state index in [-0.39, 0.29) is 5.56 Å². The van der Waals surface area contributed by atoms with E-state index in [4.69, 9.17) is 0 Å². The molecule has 16 heavy (non-hydrogen) atoms. The van der Waals surface area contributed by atoms with Gasteiger partial charge in [0.15, 0.2) is 0 Å². The number of halogens is 2. The van der Waals surface area contributed by atoms with Crippen molar-refractivity contribution >= 4 is 5.69 Å². The molecule has 1 aliphatic rings. The van der Waals surface area contributed by atoms with Gasteiger partial charge in [-0.15, -0.1) is 0 Å². The summed E-state index contributed by atoms with van der Waals surface area (Å²) in [6, 6.07) is 2.66. The van der Waals surface area contributed by atoms with Crippen LogP contribution in [-0.4, -0.2) is 24.3 Å². The van der Waals surface area contributed by atoms with Crippen LogP contribution < -0.4 is 4.90 Å². The van der Waals surface area contributed by atoms with Gasteiger partial charge >= 0.3 is 0 Å². The predicted molar refractivity (Wildman–Crippen MR) is 58.5 cm³/mol. The minimum atomic E-state index is -0.532. The molecule has 1 atom stereocenters. The van der Waals surface area contributed by atoms with Gasteiger partial charge in [0, 0.05) is 24.3 Å². The van der Waals surface area contributed by atoms with Crippen molar-refractivity contribution in [3.63, 3.8) is 0 Å². The molecule has 1 saturated heterocycles. The third kappa shape index (κ3) is 2.16. The molecule has 0 spiro atoms. The molecule has 1 aliphatic heterocycles. The van der Waals surface area contributed by atoms with Crippen LogP contribution in [0.15, 0.2) is 12.1 Å². The molecule has 0 aromatic heterocycles. The van der Waals surface area contributed by atoms with Gasteiger partial charge < -0.3 is 10.0 Å². The molecule has 1 unspecified atom stereocenters. The molecule has 2 rings (SSSR count). The maximum absolute atomic E-state index is 13.4. The number of benzene rings is 1. The Kier molecular flexibility index (Phi) is 3.10. The monoisotopic (exact) mass is 227 g/mol. The smallest absolute Gasteiger partial charge is 0.131 e. The van der Waals surface area contributed by atoms with Crippen molar-refractivity contribution in [2.75, 3.05) is 18.0 Å². The third-order valence-corrected chi connectivity index (χ3v) is 3.03. The quantitative estimate of drug-likeness (QED) is 0.795. The number of hydrogen-bond donors (Lipinski definition) is 1. The minimum Gasteiger partial charge on any atom is -0.391 e. The first-order chi connectivity index (χ1) is 7.58. The number of rotatable bonds is 1. The Morgan fingerprint density at radius 1 is 1.31 bits per heavy atom. The van der Waals surface area contributed by atoms with E-state index in [2.05, 4.69) is 0 Å².